The van der Waals surface area contributed by atoms with Gasteiger partial charge in [-0.05, 0) is 36.4 Å². The van der Waals surface area contributed by atoms with Gasteiger partial charge in [0.2, 0.25) is 0 Å². The number of piperidine rings is 1. The van der Waals surface area contributed by atoms with E-state index in [1.165, 1.54) is 6.07 Å². The summed E-state index contributed by atoms with van der Waals surface area (Å²) >= 11 is 0. The molecule has 2 aromatic carbocycles. The number of amides is 1. The Balaban J connectivity index is 0.00000225. The molecular weight excluding hydrogens is 379 g/mol. The molecule has 0 aliphatic carbocycles. The van der Waals surface area contributed by atoms with E-state index in [4.69, 9.17) is 12.2 Å². The summed E-state index contributed by atoms with van der Waals surface area (Å²) in [7, 11) is 0. The first-order valence-electron chi connectivity index (χ1n) is 8.80. The zero-order valence-electron chi connectivity index (χ0n) is 15.1. The second kappa shape index (κ2) is 7.53. The molecule has 0 bridgehead atoms. The van der Waals surface area contributed by atoms with Crippen molar-refractivity contribution in [2.45, 2.75) is 18.5 Å². The van der Waals surface area contributed by atoms with Crippen LogP contribution in [0.15, 0.2) is 47.5 Å². The SMILES string of the molecule is C#Cc1ccc(C(=O)N2CCC3(CC2)N=C(N)c2c(F)cccc2N3)cc1.Cl. The van der Waals surface area contributed by atoms with E-state index in [0.717, 1.165) is 5.56 Å². The van der Waals surface area contributed by atoms with Gasteiger partial charge in [-0.3, -0.25) is 4.79 Å². The second-order valence-electron chi connectivity index (χ2n) is 6.83. The minimum Gasteiger partial charge on any atom is -0.383 e. The van der Waals surface area contributed by atoms with E-state index in [2.05, 4.69) is 16.2 Å². The maximum absolute atomic E-state index is 14.0. The van der Waals surface area contributed by atoms with Crippen LogP contribution in [0.5, 0.6) is 0 Å². The fraction of sp³-hybridized carbons (Fsp3) is 0.238. The van der Waals surface area contributed by atoms with Crippen LogP contribution < -0.4 is 11.1 Å². The Morgan fingerprint density at radius 2 is 1.89 bits per heavy atom. The summed E-state index contributed by atoms with van der Waals surface area (Å²) < 4.78 is 14.0. The summed E-state index contributed by atoms with van der Waals surface area (Å²) in [5.74, 6) is 2.32. The molecule has 1 saturated heterocycles. The van der Waals surface area contributed by atoms with Crippen LogP contribution in [0.4, 0.5) is 10.1 Å². The van der Waals surface area contributed by atoms with E-state index in [1.807, 2.05) is 0 Å². The molecule has 4 rings (SSSR count). The largest absolute Gasteiger partial charge is 0.383 e. The molecule has 0 aromatic heterocycles. The predicted molar refractivity (Wildman–Crippen MR) is 110 cm³/mol. The van der Waals surface area contributed by atoms with E-state index in [0.29, 0.717) is 42.7 Å². The molecule has 2 aliphatic rings. The Labute approximate surface area is 169 Å². The fourth-order valence-corrected chi connectivity index (χ4v) is 3.66. The molecule has 1 spiro atoms. The molecular formula is C21H20ClFN4O. The third-order valence-corrected chi connectivity index (χ3v) is 5.15. The van der Waals surface area contributed by atoms with Crippen molar-refractivity contribution in [2.24, 2.45) is 10.7 Å². The summed E-state index contributed by atoms with van der Waals surface area (Å²) in [6.45, 7) is 1.06. The molecule has 0 radical (unpaired) electrons. The number of nitrogens with zero attached hydrogens (tertiary/aromatic N) is 2. The van der Waals surface area contributed by atoms with Crippen molar-refractivity contribution in [3.8, 4) is 12.3 Å². The topological polar surface area (TPSA) is 70.7 Å². The summed E-state index contributed by atoms with van der Waals surface area (Å²) in [5.41, 5.74) is 7.75. The number of nitrogens with one attached hydrogen (secondary N) is 1. The van der Waals surface area contributed by atoms with Gasteiger partial charge in [0.1, 0.15) is 17.3 Å². The van der Waals surface area contributed by atoms with Crippen LogP contribution in [0, 0.1) is 18.2 Å². The number of anilines is 1. The lowest BCUT2D eigenvalue weighted by molar-refractivity contribution is 0.0685. The Morgan fingerprint density at radius 1 is 1.21 bits per heavy atom. The summed E-state index contributed by atoms with van der Waals surface area (Å²) in [6.07, 6.45) is 6.54. The Kier molecular flexibility index (Phi) is 5.30. The number of amidine groups is 1. The Bertz CT molecular complexity index is 973. The first-order chi connectivity index (χ1) is 13.0. The molecule has 3 N–H and O–H groups in total. The number of hydrogen-bond donors (Lipinski definition) is 2. The van der Waals surface area contributed by atoms with Crippen molar-refractivity contribution >= 4 is 29.8 Å². The lowest BCUT2D eigenvalue weighted by Gasteiger charge is -2.42. The molecule has 28 heavy (non-hydrogen) atoms. The minimum absolute atomic E-state index is 0. The van der Waals surface area contributed by atoms with E-state index < -0.39 is 5.66 Å². The van der Waals surface area contributed by atoms with Crippen molar-refractivity contribution in [3.05, 3.63) is 65.0 Å². The summed E-state index contributed by atoms with van der Waals surface area (Å²) in [4.78, 5) is 19.1. The van der Waals surface area contributed by atoms with Gasteiger partial charge in [0.25, 0.3) is 5.91 Å². The molecule has 0 unspecified atom stereocenters. The third kappa shape index (κ3) is 3.41. The van der Waals surface area contributed by atoms with Gasteiger partial charge in [0.05, 0.1) is 5.56 Å². The molecule has 2 aromatic rings. The maximum Gasteiger partial charge on any atom is 0.253 e. The molecule has 1 amide bonds. The highest BCUT2D eigenvalue weighted by molar-refractivity contribution is 6.04. The number of terminal acetylenes is 1. The number of nitrogens with two attached hydrogens (primary N) is 1. The van der Waals surface area contributed by atoms with Crippen molar-refractivity contribution in [2.75, 3.05) is 18.4 Å². The molecule has 2 aliphatic heterocycles. The first-order valence-corrected chi connectivity index (χ1v) is 8.80. The zero-order chi connectivity index (χ0) is 19.0. The third-order valence-electron chi connectivity index (χ3n) is 5.15. The highest BCUT2D eigenvalue weighted by atomic mass is 35.5. The van der Waals surface area contributed by atoms with Crippen molar-refractivity contribution in [3.63, 3.8) is 0 Å². The second-order valence-corrected chi connectivity index (χ2v) is 6.83. The van der Waals surface area contributed by atoms with Crippen LogP contribution in [-0.2, 0) is 0 Å². The molecule has 0 atom stereocenters. The van der Waals surface area contributed by atoms with Crippen LogP contribution in [-0.4, -0.2) is 35.4 Å². The van der Waals surface area contributed by atoms with Gasteiger partial charge in [-0.2, -0.15) is 0 Å². The maximum atomic E-state index is 14.0. The summed E-state index contributed by atoms with van der Waals surface area (Å²) in [6, 6.07) is 11.8. The molecule has 7 heteroatoms. The van der Waals surface area contributed by atoms with Crippen molar-refractivity contribution in [1.29, 1.82) is 0 Å². The van der Waals surface area contributed by atoms with E-state index in [1.54, 1.807) is 41.3 Å². The number of carbonyl (C=O) groups excluding carboxylic acids is 1. The molecule has 0 saturated carbocycles. The fourth-order valence-electron chi connectivity index (χ4n) is 3.66. The van der Waals surface area contributed by atoms with Gasteiger partial charge in [-0.1, -0.05) is 12.0 Å². The number of fused-ring (bicyclic) bond motifs is 1. The lowest BCUT2D eigenvalue weighted by atomic mass is 9.93. The highest BCUT2D eigenvalue weighted by Crippen LogP contribution is 2.35. The Morgan fingerprint density at radius 3 is 2.54 bits per heavy atom. The lowest BCUT2D eigenvalue weighted by Crippen LogP contribution is -2.52. The number of aliphatic imine (C=N–C) groups is 1. The normalized spacial score (nSPS) is 16.9. The number of hydrogen-bond acceptors (Lipinski definition) is 4. The first kappa shape index (κ1) is 19.7. The average molecular weight is 399 g/mol. The molecule has 1 fully saturated rings. The van der Waals surface area contributed by atoms with Crippen LogP contribution in [0.1, 0.15) is 34.3 Å². The number of likely N-dealkylation sites (tertiary alicyclic amines) is 1. The van der Waals surface area contributed by atoms with Crippen LogP contribution in [0.3, 0.4) is 0 Å². The number of rotatable bonds is 1. The molecule has 2 heterocycles. The van der Waals surface area contributed by atoms with Gasteiger partial charge in [0.15, 0.2) is 0 Å². The predicted octanol–water partition coefficient (Wildman–Crippen LogP) is 2.99. The Hall–Kier alpha value is -3.04. The number of halogens is 2. The number of carbonyl (C=O) groups is 1. The zero-order valence-corrected chi connectivity index (χ0v) is 15.9. The monoisotopic (exact) mass is 398 g/mol. The van der Waals surface area contributed by atoms with E-state index in [9.17, 15) is 9.18 Å². The smallest absolute Gasteiger partial charge is 0.253 e. The van der Waals surface area contributed by atoms with Crippen LogP contribution in [0.25, 0.3) is 0 Å². The van der Waals surface area contributed by atoms with Gasteiger partial charge in [-0.15, -0.1) is 18.8 Å². The van der Waals surface area contributed by atoms with E-state index in [-0.39, 0.29) is 30.0 Å². The average Bonchev–Trinajstić information content (AvgIpc) is 2.68. The van der Waals surface area contributed by atoms with E-state index >= 15 is 0 Å². The van der Waals surface area contributed by atoms with Crippen LogP contribution >= 0.6 is 12.4 Å². The standard InChI is InChI=1S/C21H19FN4O.ClH/c1-2-14-6-8-15(9-7-14)20(27)26-12-10-21(11-13-26)24-17-5-3-4-16(22)18(17)19(23)25-21;/h1,3-9,24H,10-13H2,(H2,23,25);1H. The quantitative estimate of drug-likeness (QED) is 0.725. The number of benzene rings is 2. The molecule has 144 valence electrons. The van der Waals surface area contributed by atoms with Gasteiger partial charge in [0, 0.05) is 42.7 Å². The van der Waals surface area contributed by atoms with Gasteiger partial charge < -0.3 is 16.0 Å². The molecule has 5 nitrogen and oxygen atoms in total. The summed E-state index contributed by atoms with van der Waals surface area (Å²) in [5, 5.41) is 3.33. The van der Waals surface area contributed by atoms with Crippen LogP contribution in [0.2, 0.25) is 0 Å². The van der Waals surface area contributed by atoms with Crippen molar-refractivity contribution < 1.29 is 9.18 Å². The highest BCUT2D eigenvalue weighted by Gasteiger charge is 2.39. The van der Waals surface area contributed by atoms with Gasteiger partial charge in [-0.25, -0.2) is 9.38 Å². The van der Waals surface area contributed by atoms with Crippen molar-refractivity contribution in [1.82, 2.24) is 4.90 Å². The van der Waals surface area contributed by atoms with Gasteiger partial charge >= 0.3 is 0 Å². The minimum atomic E-state index is -0.602.